The topological polar surface area (TPSA) is 44.4 Å². The van der Waals surface area contributed by atoms with Crippen LogP contribution in [-0.2, 0) is 0 Å². The van der Waals surface area contributed by atoms with Gasteiger partial charge in [0, 0.05) is 37.2 Å². The number of hydrogen-bond donors (Lipinski definition) is 2. The zero-order chi connectivity index (χ0) is 15.2. The van der Waals surface area contributed by atoms with Crippen molar-refractivity contribution in [2.75, 3.05) is 39.3 Å². The molecule has 1 saturated heterocycles. The van der Waals surface area contributed by atoms with E-state index in [2.05, 4.69) is 31.5 Å². The minimum absolute atomic E-state index is 0.271. The number of amides is 1. The molecule has 116 valence electrons. The fraction of sp³-hybridized carbons (Fsp3) is 0.500. The molecule has 0 aliphatic carbocycles. The van der Waals surface area contributed by atoms with Crippen LogP contribution >= 0.6 is 15.9 Å². The Morgan fingerprint density at radius 3 is 2.52 bits per heavy atom. The molecule has 1 amide bonds. The Bertz CT molecular complexity index is 484. The summed E-state index contributed by atoms with van der Waals surface area (Å²) in [7, 11) is 0. The number of benzene rings is 1. The van der Waals surface area contributed by atoms with E-state index < -0.39 is 23.1 Å². The number of carbonyl (C=O) groups is 1. The summed E-state index contributed by atoms with van der Waals surface area (Å²) in [5.41, 5.74) is -0.527. The number of nitrogens with zero attached hydrogens (tertiary/aromatic N) is 1. The second-order valence-corrected chi connectivity index (χ2v) is 5.86. The fourth-order valence-electron chi connectivity index (χ4n) is 2.29. The monoisotopic (exact) mass is 361 g/mol. The fourth-order valence-corrected chi connectivity index (χ4v) is 2.69. The highest BCUT2D eigenvalue weighted by molar-refractivity contribution is 9.10. The summed E-state index contributed by atoms with van der Waals surface area (Å²) in [6.45, 7) is 5.20. The lowest BCUT2D eigenvalue weighted by atomic mass is 10.2. The molecule has 0 bridgehead atoms. The third kappa shape index (κ3) is 4.72. The molecule has 0 radical (unpaired) electrons. The lowest BCUT2D eigenvalue weighted by molar-refractivity contribution is 0.0943. The van der Waals surface area contributed by atoms with Gasteiger partial charge in [0.25, 0.3) is 5.91 Å². The van der Waals surface area contributed by atoms with E-state index in [9.17, 15) is 13.6 Å². The van der Waals surface area contributed by atoms with E-state index in [1.165, 1.54) is 0 Å². The van der Waals surface area contributed by atoms with Gasteiger partial charge in [0.1, 0.15) is 17.2 Å². The largest absolute Gasteiger partial charge is 0.352 e. The van der Waals surface area contributed by atoms with Crippen molar-refractivity contribution in [3.8, 4) is 0 Å². The molecule has 1 heterocycles. The third-order valence-corrected chi connectivity index (χ3v) is 3.84. The van der Waals surface area contributed by atoms with Crippen LogP contribution < -0.4 is 10.6 Å². The van der Waals surface area contributed by atoms with Gasteiger partial charge in [-0.1, -0.05) is 15.9 Å². The minimum Gasteiger partial charge on any atom is -0.352 e. The molecular weight excluding hydrogens is 344 g/mol. The lowest BCUT2D eigenvalue weighted by Crippen LogP contribution is -2.44. The SMILES string of the molecule is O=C(NCCCN1CCNCC1)c1c(F)cc(Br)cc1F. The molecule has 2 N–H and O–H groups in total. The molecule has 7 heteroatoms. The molecule has 1 fully saturated rings. The van der Waals surface area contributed by atoms with E-state index in [-0.39, 0.29) is 4.47 Å². The Kier molecular flexibility index (Phi) is 6.08. The molecule has 0 unspecified atom stereocenters. The van der Waals surface area contributed by atoms with Gasteiger partial charge >= 0.3 is 0 Å². The molecule has 0 aromatic heterocycles. The summed E-state index contributed by atoms with van der Waals surface area (Å²) in [4.78, 5) is 14.1. The van der Waals surface area contributed by atoms with Gasteiger partial charge in [0.05, 0.1) is 0 Å². The van der Waals surface area contributed by atoms with Crippen molar-refractivity contribution < 1.29 is 13.6 Å². The molecule has 0 spiro atoms. The first-order valence-corrected chi connectivity index (χ1v) is 7.73. The molecule has 21 heavy (non-hydrogen) atoms. The Morgan fingerprint density at radius 2 is 1.90 bits per heavy atom. The second kappa shape index (κ2) is 7.82. The zero-order valence-electron chi connectivity index (χ0n) is 11.6. The molecule has 1 aromatic carbocycles. The summed E-state index contributed by atoms with van der Waals surface area (Å²) in [6, 6.07) is 2.16. The summed E-state index contributed by atoms with van der Waals surface area (Å²) >= 11 is 2.98. The van der Waals surface area contributed by atoms with Crippen LogP contribution in [0.1, 0.15) is 16.8 Å². The highest BCUT2D eigenvalue weighted by Gasteiger charge is 2.18. The van der Waals surface area contributed by atoms with Gasteiger partial charge in [-0.2, -0.15) is 0 Å². The molecule has 4 nitrogen and oxygen atoms in total. The number of hydrogen-bond acceptors (Lipinski definition) is 3. The maximum atomic E-state index is 13.6. The van der Waals surface area contributed by atoms with Crippen molar-refractivity contribution in [1.29, 1.82) is 0 Å². The number of rotatable bonds is 5. The molecule has 1 aromatic rings. The van der Waals surface area contributed by atoms with Gasteiger partial charge in [-0.15, -0.1) is 0 Å². The average molecular weight is 362 g/mol. The van der Waals surface area contributed by atoms with Crippen LogP contribution in [0.2, 0.25) is 0 Å². The van der Waals surface area contributed by atoms with Crippen molar-refractivity contribution >= 4 is 21.8 Å². The van der Waals surface area contributed by atoms with Gasteiger partial charge in [0.15, 0.2) is 0 Å². The summed E-state index contributed by atoms with van der Waals surface area (Å²) < 4.78 is 27.5. The molecule has 1 aliphatic heterocycles. The van der Waals surface area contributed by atoms with E-state index in [0.717, 1.165) is 51.3 Å². The average Bonchev–Trinajstić information content (AvgIpc) is 2.43. The number of piperazine rings is 1. The van der Waals surface area contributed by atoms with Crippen LogP contribution in [0.4, 0.5) is 8.78 Å². The van der Waals surface area contributed by atoms with Crippen molar-refractivity contribution in [3.05, 3.63) is 33.8 Å². The maximum absolute atomic E-state index is 13.6. The van der Waals surface area contributed by atoms with E-state index in [4.69, 9.17) is 0 Å². The quantitative estimate of drug-likeness (QED) is 0.785. The standard InChI is InChI=1S/C14H18BrF2N3O/c15-10-8-11(16)13(12(17)9-10)14(21)19-2-1-5-20-6-3-18-4-7-20/h8-9,18H,1-7H2,(H,19,21). The Labute approximate surface area is 131 Å². The van der Waals surface area contributed by atoms with Crippen molar-refractivity contribution in [1.82, 2.24) is 15.5 Å². The normalized spacial score (nSPS) is 16.0. The summed E-state index contributed by atoms with van der Waals surface area (Å²) in [5, 5.41) is 5.83. The van der Waals surface area contributed by atoms with E-state index in [0.29, 0.717) is 6.54 Å². The van der Waals surface area contributed by atoms with Gasteiger partial charge < -0.3 is 15.5 Å². The molecule has 0 atom stereocenters. The predicted octanol–water partition coefficient (Wildman–Crippen LogP) is 1.75. The van der Waals surface area contributed by atoms with Crippen molar-refractivity contribution in [2.45, 2.75) is 6.42 Å². The van der Waals surface area contributed by atoms with E-state index >= 15 is 0 Å². The number of halogens is 3. The Hall–Kier alpha value is -1.05. The number of nitrogens with one attached hydrogen (secondary N) is 2. The molecule has 0 saturated carbocycles. The van der Waals surface area contributed by atoms with Crippen LogP contribution in [-0.4, -0.2) is 50.1 Å². The first-order chi connectivity index (χ1) is 10.1. The number of carbonyl (C=O) groups excluding carboxylic acids is 1. The molecule has 2 rings (SSSR count). The van der Waals surface area contributed by atoms with E-state index in [1.807, 2.05) is 0 Å². The molecular formula is C14H18BrF2N3O. The maximum Gasteiger partial charge on any atom is 0.257 e. The van der Waals surface area contributed by atoms with Gasteiger partial charge in [-0.3, -0.25) is 4.79 Å². The summed E-state index contributed by atoms with van der Waals surface area (Å²) in [5.74, 6) is -2.43. The molecule has 1 aliphatic rings. The van der Waals surface area contributed by atoms with Crippen LogP contribution in [0.5, 0.6) is 0 Å². The minimum atomic E-state index is -0.860. The van der Waals surface area contributed by atoms with Crippen molar-refractivity contribution in [3.63, 3.8) is 0 Å². The van der Waals surface area contributed by atoms with Crippen molar-refractivity contribution in [2.24, 2.45) is 0 Å². The lowest BCUT2D eigenvalue weighted by Gasteiger charge is -2.27. The third-order valence-electron chi connectivity index (χ3n) is 3.38. The second-order valence-electron chi connectivity index (χ2n) is 4.95. The van der Waals surface area contributed by atoms with Crippen LogP contribution in [0.25, 0.3) is 0 Å². The Morgan fingerprint density at radius 1 is 1.29 bits per heavy atom. The van der Waals surface area contributed by atoms with Crippen LogP contribution in [0.3, 0.4) is 0 Å². The van der Waals surface area contributed by atoms with Gasteiger partial charge in [-0.05, 0) is 25.1 Å². The van der Waals surface area contributed by atoms with Crippen LogP contribution in [0.15, 0.2) is 16.6 Å². The Balaban J connectivity index is 1.79. The summed E-state index contributed by atoms with van der Waals surface area (Å²) in [6.07, 6.45) is 0.755. The predicted molar refractivity (Wildman–Crippen MR) is 80.3 cm³/mol. The van der Waals surface area contributed by atoms with Crippen LogP contribution in [0, 0.1) is 11.6 Å². The highest BCUT2D eigenvalue weighted by Crippen LogP contribution is 2.19. The first kappa shape index (κ1) is 16.3. The first-order valence-electron chi connectivity index (χ1n) is 6.94. The van der Waals surface area contributed by atoms with Gasteiger partial charge in [-0.25, -0.2) is 8.78 Å². The smallest absolute Gasteiger partial charge is 0.257 e. The van der Waals surface area contributed by atoms with Gasteiger partial charge in [0.2, 0.25) is 0 Å². The zero-order valence-corrected chi connectivity index (χ0v) is 13.2. The van der Waals surface area contributed by atoms with E-state index in [1.54, 1.807) is 0 Å². The highest BCUT2D eigenvalue weighted by atomic mass is 79.9.